The summed E-state index contributed by atoms with van der Waals surface area (Å²) in [4.78, 5) is 12.0. The zero-order valence-electron chi connectivity index (χ0n) is 11.1. The van der Waals surface area contributed by atoms with Crippen LogP contribution in [-0.4, -0.2) is 12.5 Å². The van der Waals surface area contributed by atoms with Gasteiger partial charge in [0.25, 0.3) is 5.91 Å². The van der Waals surface area contributed by atoms with Crippen molar-refractivity contribution in [1.29, 1.82) is 0 Å². The molecule has 0 radical (unpaired) electrons. The summed E-state index contributed by atoms with van der Waals surface area (Å²) in [5.41, 5.74) is 1.71. The van der Waals surface area contributed by atoms with Crippen molar-refractivity contribution >= 4 is 29.1 Å². The number of benzene rings is 2. The average molecular weight is 308 g/mol. The van der Waals surface area contributed by atoms with E-state index in [0.717, 1.165) is 0 Å². The molecule has 0 heterocycles. The predicted molar refractivity (Wildman–Crippen MR) is 83.7 cm³/mol. The molecule has 2 aromatic carbocycles. The molecule has 0 unspecified atom stereocenters. The Balaban J connectivity index is 1.97. The smallest absolute Gasteiger partial charge is 0.251 e. The van der Waals surface area contributed by atoms with Crippen molar-refractivity contribution in [2.75, 3.05) is 6.54 Å². The number of rotatable bonds is 4. The van der Waals surface area contributed by atoms with Crippen molar-refractivity contribution in [3.63, 3.8) is 0 Å². The maximum atomic E-state index is 12.0. The predicted octanol–water partition coefficient (Wildman–Crippen LogP) is 4.53. The first-order valence-corrected chi connectivity index (χ1v) is 7.11. The molecule has 1 amide bonds. The molecule has 20 heavy (non-hydrogen) atoms. The summed E-state index contributed by atoms with van der Waals surface area (Å²) in [7, 11) is 0. The fourth-order valence-electron chi connectivity index (χ4n) is 1.88. The minimum absolute atomic E-state index is 0.147. The second-order valence-corrected chi connectivity index (χ2v) is 5.47. The molecule has 0 fully saturated rings. The van der Waals surface area contributed by atoms with Crippen LogP contribution in [0.15, 0.2) is 48.5 Å². The zero-order valence-corrected chi connectivity index (χ0v) is 12.6. The van der Waals surface area contributed by atoms with E-state index in [2.05, 4.69) is 24.4 Å². The third-order valence-electron chi connectivity index (χ3n) is 3.12. The number of halogens is 2. The Hall–Kier alpha value is -1.51. The van der Waals surface area contributed by atoms with Crippen LogP contribution in [0.25, 0.3) is 0 Å². The molecule has 2 nitrogen and oxygen atoms in total. The van der Waals surface area contributed by atoms with E-state index in [-0.39, 0.29) is 11.8 Å². The fourth-order valence-corrected chi connectivity index (χ4v) is 2.18. The largest absolute Gasteiger partial charge is 0.351 e. The van der Waals surface area contributed by atoms with Crippen LogP contribution >= 0.6 is 23.2 Å². The Kier molecular flexibility index (Phi) is 5.05. The van der Waals surface area contributed by atoms with E-state index < -0.39 is 0 Å². The highest BCUT2D eigenvalue weighted by Gasteiger charge is 2.10. The van der Waals surface area contributed by atoms with Crippen molar-refractivity contribution < 1.29 is 4.79 Å². The van der Waals surface area contributed by atoms with Gasteiger partial charge in [-0.3, -0.25) is 4.79 Å². The third kappa shape index (κ3) is 3.75. The highest BCUT2D eigenvalue weighted by molar-refractivity contribution is 6.42. The van der Waals surface area contributed by atoms with Gasteiger partial charge in [0.05, 0.1) is 10.0 Å². The standard InChI is InChI=1S/C16H15Cl2NO/c1-11(12-5-3-2-4-6-12)10-19-16(20)13-7-8-14(17)15(18)9-13/h2-9,11H,10H2,1H3,(H,19,20)/t11-/m0/s1. The van der Waals surface area contributed by atoms with Crippen LogP contribution in [0.1, 0.15) is 28.8 Å². The van der Waals surface area contributed by atoms with Crippen molar-refractivity contribution in [3.05, 3.63) is 69.7 Å². The van der Waals surface area contributed by atoms with Gasteiger partial charge in [0.1, 0.15) is 0 Å². The van der Waals surface area contributed by atoms with Gasteiger partial charge in [0.15, 0.2) is 0 Å². The minimum atomic E-state index is -0.147. The van der Waals surface area contributed by atoms with Gasteiger partial charge >= 0.3 is 0 Å². The topological polar surface area (TPSA) is 29.1 Å². The lowest BCUT2D eigenvalue weighted by atomic mass is 10.0. The van der Waals surface area contributed by atoms with Gasteiger partial charge in [-0.1, -0.05) is 60.5 Å². The molecule has 1 atom stereocenters. The van der Waals surface area contributed by atoms with Gasteiger partial charge in [-0.15, -0.1) is 0 Å². The summed E-state index contributed by atoms with van der Waals surface area (Å²) < 4.78 is 0. The van der Waals surface area contributed by atoms with Crippen molar-refractivity contribution in [2.45, 2.75) is 12.8 Å². The summed E-state index contributed by atoms with van der Waals surface area (Å²) in [6.45, 7) is 2.65. The molecular formula is C16H15Cl2NO. The van der Waals surface area contributed by atoms with Gasteiger partial charge in [-0.25, -0.2) is 0 Å². The van der Waals surface area contributed by atoms with E-state index in [1.54, 1.807) is 18.2 Å². The fraction of sp³-hybridized carbons (Fsp3) is 0.188. The van der Waals surface area contributed by atoms with Crippen molar-refractivity contribution in [2.24, 2.45) is 0 Å². The second kappa shape index (κ2) is 6.78. The summed E-state index contributed by atoms with van der Waals surface area (Å²) in [6, 6.07) is 14.9. The number of nitrogens with one attached hydrogen (secondary N) is 1. The normalized spacial score (nSPS) is 11.9. The number of carbonyl (C=O) groups excluding carboxylic acids is 1. The van der Waals surface area contributed by atoms with Gasteiger partial charge in [0.2, 0.25) is 0 Å². The van der Waals surface area contributed by atoms with Crippen LogP contribution in [0.5, 0.6) is 0 Å². The second-order valence-electron chi connectivity index (χ2n) is 4.65. The maximum absolute atomic E-state index is 12.0. The first-order chi connectivity index (χ1) is 9.58. The quantitative estimate of drug-likeness (QED) is 0.883. The number of hydrogen-bond acceptors (Lipinski definition) is 1. The summed E-state index contributed by atoms with van der Waals surface area (Å²) in [6.07, 6.45) is 0. The molecule has 0 saturated heterocycles. The van der Waals surface area contributed by atoms with Gasteiger partial charge in [-0.2, -0.15) is 0 Å². The summed E-state index contributed by atoms with van der Waals surface area (Å²) in [5, 5.41) is 3.73. The highest BCUT2D eigenvalue weighted by Crippen LogP contribution is 2.22. The average Bonchev–Trinajstić information content (AvgIpc) is 2.48. The Bertz CT molecular complexity index is 599. The Morgan fingerprint density at radius 3 is 2.45 bits per heavy atom. The molecule has 0 saturated carbocycles. The Morgan fingerprint density at radius 2 is 1.80 bits per heavy atom. The lowest BCUT2D eigenvalue weighted by Gasteiger charge is -2.13. The molecule has 1 N–H and O–H groups in total. The van der Waals surface area contributed by atoms with Crippen molar-refractivity contribution in [3.8, 4) is 0 Å². The molecule has 0 aliphatic carbocycles. The molecule has 0 aliphatic rings. The molecule has 4 heteroatoms. The maximum Gasteiger partial charge on any atom is 0.251 e. The molecule has 0 spiro atoms. The van der Waals surface area contributed by atoms with Gasteiger partial charge in [0, 0.05) is 12.1 Å². The third-order valence-corrected chi connectivity index (χ3v) is 3.86. The van der Waals surface area contributed by atoms with Crippen LogP contribution in [0.3, 0.4) is 0 Å². The lowest BCUT2D eigenvalue weighted by molar-refractivity contribution is 0.0951. The molecule has 2 rings (SSSR count). The van der Waals surface area contributed by atoms with Crippen LogP contribution < -0.4 is 5.32 Å². The molecule has 2 aromatic rings. The van der Waals surface area contributed by atoms with E-state index in [1.165, 1.54) is 5.56 Å². The van der Waals surface area contributed by atoms with Crippen molar-refractivity contribution in [1.82, 2.24) is 5.32 Å². The zero-order chi connectivity index (χ0) is 14.5. The van der Waals surface area contributed by atoms with E-state index in [9.17, 15) is 4.79 Å². The Labute approximate surface area is 128 Å². The van der Waals surface area contributed by atoms with Crippen LogP contribution in [0, 0.1) is 0 Å². The highest BCUT2D eigenvalue weighted by atomic mass is 35.5. The summed E-state index contributed by atoms with van der Waals surface area (Å²) >= 11 is 11.7. The summed E-state index contributed by atoms with van der Waals surface area (Å²) in [5.74, 6) is 0.106. The molecular weight excluding hydrogens is 293 g/mol. The van der Waals surface area contributed by atoms with E-state index >= 15 is 0 Å². The van der Waals surface area contributed by atoms with Gasteiger partial charge in [-0.05, 0) is 29.7 Å². The van der Waals surface area contributed by atoms with Gasteiger partial charge < -0.3 is 5.32 Å². The number of hydrogen-bond donors (Lipinski definition) is 1. The monoisotopic (exact) mass is 307 g/mol. The molecule has 0 aromatic heterocycles. The molecule has 0 aliphatic heterocycles. The number of amides is 1. The van der Waals surface area contributed by atoms with E-state index in [1.807, 2.05) is 18.2 Å². The molecule has 0 bridgehead atoms. The first kappa shape index (κ1) is 14.9. The SMILES string of the molecule is C[C@@H](CNC(=O)c1ccc(Cl)c(Cl)c1)c1ccccc1. The first-order valence-electron chi connectivity index (χ1n) is 6.36. The number of carbonyl (C=O) groups is 1. The van der Waals surface area contributed by atoms with E-state index in [0.29, 0.717) is 22.2 Å². The lowest BCUT2D eigenvalue weighted by Crippen LogP contribution is -2.27. The van der Waals surface area contributed by atoms with Crippen LogP contribution in [0.2, 0.25) is 10.0 Å². The van der Waals surface area contributed by atoms with Crippen LogP contribution in [-0.2, 0) is 0 Å². The van der Waals surface area contributed by atoms with E-state index in [4.69, 9.17) is 23.2 Å². The minimum Gasteiger partial charge on any atom is -0.351 e. The van der Waals surface area contributed by atoms with Crippen LogP contribution in [0.4, 0.5) is 0 Å². The molecule has 104 valence electrons. The Morgan fingerprint density at radius 1 is 1.10 bits per heavy atom.